The molecule has 0 bridgehead atoms. The summed E-state index contributed by atoms with van der Waals surface area (Å²) in [6.45, 7) is 0. The molecule has 146 valence electrons. The van der Waals surface area contributed by atoms with Crippen molar-refractivity contribution in [3.05, 3.63) is 71.8 Å². The van der Waals surface area contributed by atoms with Gasteiger partial charge in [-0.25, -0.2) is 0 Å². The Hall–Kier alpha value is -4.00. The van der Waals surface area contributed by atoms with Crippen LogP contribution in [-0.2, 0) is 0 Å². The van der Waals surface area contributed by atoms with E-state index in [4.69, 9.17) is 9.47 Å². The van der Waals surface area contributed by atoms with Gasteiger partial charge in [0.25, 0.3) is 11.8 Å². The Morgan fingerprint density at radius 3 is 1.55 bits per heavy atom. The second-order valence-corrected chi connectivity index (χ2v) is 6.44. The number of ether oxygens (including phenoxy) is 2. The van der Waals surface area contributed by atoms with Crippen LogP contribution < -0.4 is 25.4 Å². The predicted octanol–water partition coefficient (Wildman–Crippen LogP) is 4.07. The molecule has 0 spiro atoms. The lowest BCUT2D eigenvalue weighted by Crippen LogP contribution is -2.19. The van der Waals surface area contributed by atoms with E-state index in [-0.39, 0.29) is 0 Å². The minimum atomic E-state index is -0.411. The van der Waals surface area contributed by atoms with Crippen molar-refractivity contribution in [2.45, 2.75) is 0 Å². The lowest BCUT2D eigenvalue weighted by atomic mass is 10.1. The van der Waals surface area contributed by atoms with Crippen molar-refractivity contribution in [1.82, 2.24) is 5.32 Å². The number of carbonyl (C=O) groups excluding carboxylic acids is 2. The standard InChI is InChI=1S/C22H19N3O4/c1-28-15-7-3-5-13(9-15)23-19-11-17-18(22(27)25-21(17)26)12-20(19)24-14-6-4-8-16(10-14)29-2/h3-12,23-24H,1-2H3,(H,25,26,27). The molecule has 1 aliphatic heterocycles. The minimum absolute atomic E-state index is 0.330. The zero-order valence-electron chi connectivity index (χ0n) is 15.9. The Bertz CT molecular complexity index is 1020. The molecule has 2 amide bonds. The third-order valence-corrected chi connectivity index (χ3v) is 4.57. The largest absolute Gasteiger partial charge is 0.497 e. The Morgan fingerprint density at radius 1 is 0.690 bits per heavy atom. The van der Waals surface area contributed by atoms with Crippen molar-refractivity contribution in [1.29, 1.82) is 0 Å². The first kappa shape index (κ1) is 18.4. The average Bonchev–Trinajstić information content (AvgIpc) is 3.01. The van der Waals surface area contributed by atoms with Crippen LogP contribution in [0, 0.1) is 0 Å². The van der Waals surface area contributed by atoms with Crippen LogP contribution in [0.25, 0.3) is 0 Å². The number of carbonyl (C=O) groups is 2. The number of methoxy groups -OCH3 is 2. The van der Waals surface area contributed by atoms with Gasteiger partial charge in [-0.1, -0.05) is 12.1 Å². The number of amides is 2. The first-order chi connectivity index (χ1) is 14.1. The molecular formula is C22H19N3O4. The second-order valence-electron chi connectivity index (χ2n) is 6.44. The van der Waals surface area contributed by atoms with Crippen LogP contribution in [0.15, 0.2) is 60.7 Å². The Kier molecular flexibility index (Phi) is 4.78. The fraction of sp³-hybridized carbons (Fsp3) is 0.0909. The Balaban J connectivity index is 1.76. The molecule has 0 atom stereocenters. The predicted molar refractivity (Wildman–Crippen MR) is 111 cm³/mol. The van der Waals surface area contributed by atoms with E-state index >= 15 is 0 Å². The molecule has 0 radical (unpaired) electrons. The van der Waals surface area contributed by atoms with Crippen LogP contribution in [0.3, 0.4) is 0 Å². The maximum atomic E-state index is 12.1. The summed E-state index contributed by atoms with van der Waals surface area (Å²) in [5, 5.41) is 8.92. The molecular weight excluding hydrogens is 370 g/mol. The number of fused-ring (bicyclic) bond motifs is 1. The Labute approximate surface area is 167 Å². The fourth-order valence-electron chi connectivity index (χ4n) is 3.13. The summed E-state index contributed by atoms with van der Waals surface area (Å²) in [5.74, 6) is 0.580. The third kappa shape index (κ3) is 3.70. The zero-order chi connectivity index (χ0) is 20.4. The number of benzene rings is 3. The molecule has 0 fully saturated rings. The lowest BCUT2D eigenvalue weighted by molar-refractivity contribution is 0.0879. The summed E-state index contributed by atoms with van der Waals surface area (Å²) in [6, 6.07) is 18.2. The van der Waals surface area contributed by atoms with E-state index in [0.717, 1.165) is 11.4 Å². The summed E-state index contributed by atoms with van der Waals surface area (Å²) in [6.07, 6.45) is 0. The highest BCUT2D eigenvalue weighted by Gasteiger charge is 2.28. The van der Waals surface area contributed by atoms with Crippen LogP contribution in [-0.4, -0.2) is 26.0 Å². The van der Waals surface area contributed by atoms with E-state index < -0.39 is 11.8 Å². The quantitative estimate of drug-likeness (QED) is 0.551. The van der Waals surface area contributed by atoms with Gasteiger partial charge in [0.1, 0.15) is 11.5 Å². The van der Waals surface area contributed by atoms with E-state index in [2.05, 4.69) is 16.0 Å². The van der Waals surface area contributed by atoms with E-state index in [9.17, 15) is 9.59 Å². The van der Waals surface area contributed by atoms with Crippen LogP contribution >= 0.6 is 0 Å². The number of hydrogen-bond donors (Lipinski definition) is 3. The smallest absolute Gasteiger partial charge is 0.259 e. The van der Waals surface area contributed by atoms with Gasteiger partial charge >= 0.3 is 0 Å². The van der Waals surface area contributed by atoms with Crippen LogP contribution in [0.2, 0.25) is 0 Å². The number of hydrogen-bond acceptors (Lipinski definition) is 6. The van der Waals surface area contributed by atoms with Gasteiger partial charge in [0.15, 0.2) is 0 Å². The molecule has 1 heterocycles. The van der Waals surface area contributed by atoms with Crippen LogP contribution in [0.4, 0.5) is 22.7 Å². The number of nitrogens with one attached hydrogen (secondary N) is 3. The molecule has 3 N–H and O–H groups in total. The second kappa shape index (κ2) is 7.55. The monoisotopic (exact) mass is 389 g/mol. The van der Waals surface area contributed by atoms with E-state index in [1.165, 1.54) is 0 Å². The molecule has 3 aromatic rings. The van der Waals surface area contributed by atoms with Crippen molar-refractivity contribution in [3.8, 4) is 11.5 Å². The van der Waals surface area contributed by atoms with Crippen molar-refractivity contribution >= 4 is 34.6 Å². The highest BCUT2D eigenvalue weighted by Crippen LogP contribution is 2.34. The first-order valence-corrected chi connectivity index (χ1v) is 8.93. The van der Waals surface area contributed by atoms with E-state index in [1.807, 2.05) is 48.5 Å². The molecule has 0 unspecified atom stereocenters. The number of rotatable bonds is 6. The van der Waals surface area contributed by atoms with Gasteiger partial charge in [0, 0.05) is 23.5 Å². The molecule has 29 heavy (non-hydrogen) atoms. The highest BCUT2D eigenvalue weighted by atomic mass is 16.5. The topological polar surface area (TPSA) is 88.7 Å². The van der Waals surface area contributed by atoms with Gasteiger partial charge in [-0.15, -0.1) is 0 Å². The van der Waals surface area contributed by atoms with Gasteiger partial charge < -0.3 is 20.1 Å². The molecule has 0 saturated carbocycles. The van der Waals surface area contributed by atoms with Crippen molar-refractivity contribution < 1.29 is 19.1 Å². The van der Waals surface area contributed by atoms with Gasteiger partial charge in [-0.3, -0.25) is 14.9 Å². The zero-order valence-corrected chi connectivity index (χ0v) is 15.9. The normalized spacial score (nSPS) is 12.2. The lowest BCUT2D eigenvalue weighted by Gasteiger charge is -2.16. The van der Waals surface area contributed by atoms with E-state index in [0.29, 0.717) is 34.0 Å². The maximum absolute atomic E-state index is 12.1. The molecule has 4 rings (SSSR count). The number of imide groups is 1. The maximum Gasteiger partial charge on any atom is 0.259 e. The fourth-order valence-corrected chi connectivity index (χ4v) is 3.13. The molecule has 7 heteroatoms. The van der Waals surface area contributed by atoms with Gasteiger partial charge in [-0.2, -0.15) is 0 Å². The molecule has 0 aliphatic carbocycles. The van der Waals surface area contributed by atoms with Crippen LogP contribution in [0.1, 0.15) is 20.7 Å². The summed E-state index contributed by atoms with van der Waals surface area (Å²) < 4.78 is 10.5. The van der Waals surface area contributed by atoms with E-state index in [1.54, 1.807) is 26.4 Å². The molecule has 3 aromatic carbocycles. The van der Waals surface area contributed by atoms with Crippen LogP contribution in [0.5, 0.6) is 11.5 Å². The third-order valence-electron chi connectivity index (χ3n) is 4.57. The molecule has 7 nitrogen and oxygen atoms in total. The SMILES string of the molecule is COc1cccc(Nc2cc3c(cc2Nc2cccc(OC)c2)C(=O)NC3=O)c1. The van der Waals surface area contributed by atoms with Crippen molar-refractivity contribution in [3.63, 3.8) is 0 Å². The van der Waals surface area contributed by atoms with Gasteiger partial charge in [-0.05, 0) is 36.4 Å². The molecule has 0 aromatic heterocycles. The van der Waals surface area contributed by atoms with Crippen molar-refractivity contribution in [2.75, 3.05) is 24.9 Å². The summed E-state index contributed by atoms with van der Waals surface area (Å²) in [5.41, 5.74) is 3.51. The summed E-state index contributed by atoms with van der Waals surface area (Å²) >= 11 is 0. The first-order valence-electron chi connectivity index (χ1n) is 8.93. The van der Waals surface area contributed by atoms with Crippen molar-refractivity contribution in [2.24, 2.45) is 0 Å². The Morgan fingerprint density at radius 2 is 1.14 bits per heavy atom. The highest BCUT2D eigenvalue weighted by molar-refractivity contribution is 6.22. The molecule has 0 saturated heterocycles. The minimum Gasteiger partial charge on any atom is -0.497 e. The summed E-state index contributed by atoms with van der Waals surface area (Å²) in [7, 11) is 3.19. The molecule has 1 aliphatic rings. The van der Waals surface area contributed by atoms with Gasteiger partial charge in [0.2, 0.25) is 0 Å². The number of anilines is 4. The van der Waals surface area contributed by atoms with Gasteiger partial charge in [0.05, 0.1) is 36.7 Å². The summed E-state index contributed by atoms with van der Waals surface area (Å²) in [4.78, 5) is 24.2. The average molecular weight is 389 g/mol.